The summed E-state index contributed by atoms with van der Waals surface area (Å²) in [4.78, 5) is 17.4. The maximum atomic E-state index is 13.6. The van der Waals surface area contributed by atoms with Crippen LogP contribution in [0.15, 0.2) is 60.1 Å². The zero-order valence-corrected chi connectivity index (χ0v) is 18.4. The van der Waals surface area contributed by atoms with Crippen molar-refractivity contribution in [3.8, 4) is 11.4 Å². The number of hydrogen-bond donors (Lipinski definition) is 1. The Morgan fingerprint density at radius 2 is 1.91 bits per heavy atom. The van der Waals surface area contributed by atoms with Crippen molar-refractivity contribution in [2.75, 3.05) is 5.32 Å². The average molecular weight is 442 g/mol. The molecule has 2 aromatic heterocycles. The van der Waals surface area contributed by atoms with Gasteiger partial charge in [-0.05, 0) is 37.8 Å². The van der Waals surface area contributed by atoms with E-state index >= 15 is 0 Å². The molecule has 1 aromatic carbocycles. The fraction of sp³-hybridized carbons (Fsp3) is 0.333. The van der Waals surface area contributed by atoms with Gasteiger partial charge in [-0.15, -0.1) is 0 Å². The molecule has 0 saturated heterocycles. The van der Waals surface area contributed by atoms with Crippen LogP contribution in [0.5, 0.6) is 0 Å². The van der Waals surface area contributed by atoms with Crippen LogP contribution in [0, 0.1) is 5.92 Å². The van der Waals surface area contributed by atoms with Gasteiger partial charge in [0.1, 0.15) is 11.6 Å². The predicted octanol–water partition coefficient (Wildman–Crippen LogP) is 6.88. The first kappa shape index (κ1) is 23.4. The molecule has 0 aliphatic heterocycles. The van der Waals surface area contributed by atoms with Crippen molar-refractivity contribution in [2.24, 2.45) is 10.9 Å². The zero-order valence-electron chi connectivity index (χ0n) is 18.4. The standard InChI is InChI=1S/C24H26F3N5/c1-5-9-17(6-2)15(3)29-16(4)30-23-19-14-28-13-12-21(19)31-22(32-23)18-10-7-8-11-20(18)24(25,26)27/h7-8,10-14,17H,4-6,9H2,1-3H3,(H,30,31,32)/b29-15-. The third kappa shape index (κ3) is 5.30. The van der Waals surface area contributed by atoms with E-state index < -0.39 is 11.7 Å². The molecular formula is C24H26F3N5. The van der Waals surface area contributed by atoms with Gasteiger partial charge in [-0.3, -0.25) is 4.98 Å². The highest BCUT2D eigenvalue weighted by atomic mass is 19.4. The first-order valence-electron chi connectivity index (χ1n) is 10.5. The molecule has 1 atom stereocenters. The fourth-order valence-electron chi connectivity index (χ4n) is 3.64. The quantitative estimate of drug-likeness (QED) is 0.387. The Kier molecular flexibility index (Phi) is 7.22. The monoisotopic (exact) mass is 441 g/mol. The average Bonchev–Trinajstić information content (AvgIpc) is 2.76. The Morgan fingerprint density at radius 3 is 2.59 bits per heavy atom. The van der Waals surface area contributed by atoms with E-state index in [9.17, 15) is 13.2 Å². The molecule has 0 radical (unpaired) electrons. The van der Waals surface area contributed by atoms with E-state index in [4.69, 9.17) is 0 Å². The van der Waals surface area contributed by atoms with Crippen LogP contribution >= 0.6 is 0 Å². The largest absolute Gasteiger partial charge is 0.417 e. The highest BCUT2D eigenvalue weighted by Crippen LogP contribution is 2.36. The number of alkyl halides is 3. The lowest BCUT2D eigenvalue weighted by Gasteiger charge is -2.16. The van der Waals surface area contributed by atoms with Crippen LogP contribution in [0.3, 0.4) is 0 Å². The summed E-state index contributed by atoms with van der Waals surface area (Å²) in [5.41, 5.74) is 0.528. The normalized spacial score (nSPS) is 13.2. The molecule has 3 rings (SSSR count). The van der Waals surface area contributed by atoms with Crippen molar-refractivity contribution in [1.82, 2.24) is 15.0 Å². The lowest BCUT2D eigenvalue weighted by molar-refractivity contribution is -0.137. The molecule has 0 saturated carbocycles. The Morgan fingerprint density at radius 1 is 1.16 bits per heavy atom. The Balaban J connectivity index is 2.05. The minimum Gasteiger partial charge on any atom is -0.325 e. The van der Waals surface area contributed by atoms with Crippen LogP contribution in [-0.2, 0) is 6.18 Å². The van der Waals surface area contributed by atoms with Gasteiger partial charge in [-0.2, -0.15) is 13.2 Å². The van der Waals surface area contributed by atoms with E-state index in [2.05, 4.69) is 45.7 Å². The number of anilines is 1. The fourth-order valence-corrected chi connectivity index (χ4v) is 3.64. The lowest BCUT2D eigenvalue weighted by atomic mass is 9.96. The van der Waals surface area contributed by atoms with E-state index in [1.807, 2.05) is 6.92 Å². The van der Waals surface area contributed by atoms with Crippen molar-refractivity contribution in [2.45, 2.75) is 46.2 Å². The summed E-state index contributed by atoms with van der Waals surface area (Å²) in [6.45, 7) is 10.2. The number of fused-ring (bicyclic) bond motifs is 1. The minimum absolute atomic E-state index is 0.0370. The van der Waals surface area contributed by atoms with Gasteiger partial charge in [-0.1, -0.05) is 45.0 Å². The Hall–Kier alpha value is -3.29. The summed E-state index contributed by atoms with van der Waals surface area (Å²) in [5, 5.41) is 3.62. The van der Waals surface area contributed by atoms with Gasteiger partial charge in [0, 0.05) is 23.7 Å². The summed E-state index contributed by atoms with van der Waals surface area (Å²) in [6.07, 6.45) is 1.61. The molecule has 0 amide bonds. The minimum atomic E-state index is -4.53. The summed E-state index contributed by atoms with van der Waals surface area (Å²) in [7, 11) is 0. The number of rotatable bonds is 8. The van der Waals surface area contributed by atoms with Crippen LogP contribution in [-0.4, -0.2) is 20.7 Å². The van der Waals surface area contributed by atoms with Gasteiger partial charge in [0.2, 0.25) is 0 Å². The molecule has 0 fully saturated rings. The van der Waals surface area contributed by atoms with Gasteiger partial charge in [0.05, 0.1) is 16.5 Å². The molecule has 8 heteroatoms. The van der Waals surface area contributed by atoms with Crippen LogP contribution in [0.4, 0.5) is 19.0 Å². The van der Waals surface area contributed by atoms with Crippen LogP contribution in [0.25, 0.3) is 22.3 Å². The second kappa shape index (κ2) is 9.89. The molecule has 32 heavy (non-hydrogen) atoms. The van der Waals surface area contributed by atoms with Gasteiger partial charge < -0.3 is 5.32 Å². The maximum Gasteiger partial charge on any atom is 0.417 e. The second-order valence-electron chi connectivity index (χ2n) is 7.55. The molecule has 3 aromatic rings. The van der Waals surface area contributed by atoms with Crippen molar-refractivity contribution in [3.63, 3.8) is 0 Å². The number of pyridine rings is 1. The molecule has 168 valence electrons. The first-order valence-corrected chi connectivity index (χ1v) is 10.5. The molecule has 0 bridgehead atoms. The third-order valence-electron chi connectivity index (χ3n) is 5.27. The highest BCUT2D eigenvalue weighted by Gasteiger charge is 2.34. The van der Waals surface area contributed by atoms with Crippen molar-refractivity contribution in [1.29, 1.82) is 0 Å². The number of nitrogens with one attached hydrogen (secondary N) is 1. The van der Waals surface area contributed by atoms with Crippen molar-refractivity contribution >= 4 is 22.4 Å². The van der Waals surface area contributed by atoms with E-state index in [-0.39, 0.29) is 11.4 Å². The molecule has 2 heterocycles. The summed E-state index contributed by atoms with van der Waals surface area (Å²) in [6, 6.07) is 6.89. The van der Waals surface area contributed by atoms with E-state index in [1.54, 1.807) is 12.3 Å². The molecule has 1 unspecified atom stereocenters. The van der Waals surface area contributed by atoms with Gasteiger partial charge in [0.25, 0.3) is 0 Å². The lowest BCUT2D eigenvalue weighted by Crippen LogP contribution is -2.12. The second-order valence-corrected chi connectivity index (χ2v) is 7.55. The number of aromatic nitrogens is 3. The summed E-state index contributed by atoms with van der Waals surface area (Å²) in [5.74, 6) is 0.970. The number of aliphatic imine (C=N–C) groups is 1. The molecule has 0 aliphatic carbocycles. The summed E-state index contributed by atoms with van der Waals surface area (Å²) >= 11 is 0. The van der Waals surface area contributed by atoms with Gasteiger partial charge in [0.15, 0.2) is 5.82 Å². The van der Waals surface area contributed by atoms with Crippen molar-refractivity contribution in [3.05, 3.63) is 60.7 Å². The number of nitrogens with zero attached hydrogens (tertiary/aromatic N) is 4. The van der Waals surface area contributed by atoms with Crippen LogP contribution < -0.4 is 5.32 Å². The molecule has 0 spiro atoms. The third-order valence-corrected chi connectivity index (χ3v) is 5.27. The van der Waals surface area contributed by atoms with E-state index in [0.717, 1.165) is 31.0 Å². The van der Waals surface area contributed by atoms with E-state index in [1.165, 1.54) is 24.4 Å². The Bertz CT molecular complexity index is 1140. The van der Waals surface area contributed by atoms with Crippen LogP contribution in [0.2, 0.25) is 0 Å². The highest BCUT2D eigenvalue weighted by molar-refractivity contribution is 5.91. The molecule has 0 aliphatic rings. The van der Waals surface area contributed by atoms with E-state index in [0.29, 0.717) is 28.5 Å². The first-order chi connectivity index (χ1) is 15.2. The molecule has 5 nitrogen and oxygen atoms in total. The van der Waals surface area contributed by atoms with Gasteiger partial charge in [-0.25, -0.2) is 15.0 Å². The molecule has 1 N–H and O–H groups in total. The smallest absolute Gasteiger partial charge is 0.325 e. The number of halogens is 3. The SMILES string of the molecule is C=C(/N=C(/C)C(CC)CCC)Nc1nc(-c2ccccc2C(F)(F)F)nc2ccncc12. The Labute approximate surface area is 185 Å². The van der Waals surface area contributed by atoms with Crippen LogP contribution in [0.1, 0.15) is 45.6 Å². The molecular weight excluding hydrogens is 415 g/mol. The number of benzene rings is 1. The number of hydrogen-bond acceptors (Lipinski definition) is 5. The zero-order chi connectivity index (χ0) is 23.3. The topological polar surface area (TPSA) is 63.1 Å². The predicted molar refractivity (Wildman–Crippen MR) is 122 cm³/mol. The van der Waals surface area contributed by atoms with Crippen molar-refractivity contribution < 1.29 is 13.2 Å². The maximum absolute atomic E-state index is 13.6. The summed E-state index contributed by atoms with van der Waals surface area (Å²) < 4.78 is 40.7. The van der Waals surface area contributed by atoms with Gasteiger partial charge >= 0.3 is 6.18 Å².